The van der Waals surface area contributed by atoms with Crippen LogP contribution in [0.4, 0.5) is 23.4 Å². The molecular formula is C18H21F4N5O. The fourth-order valence-corrected chi connectivity index (χ4v) is 2.16. The van der Waals surface area contributed by atoms with Crippen molar-refractivity contribution in [3.63, 3.8) is 0 Å². The quantitative estimate of drug-likeness (QED) is 0.648. The van der Waals surface area contributed by atoms with E-state index in [4.69, 9.17) is 0 Å². The van der Waals surface area contributed by atoms with Crippen molar-refractivity contribution in [2.45, 2.75) is 40.1 Å². The SMILES string of the molecule is CC(C)C.OCc1cc(NCc2ccc(C(F)(F)F)c(F)c2)n2ncnc2n1. The summed E-state index contributed by atoms with van der Waals surface area (Å²) in [5, 5.41) is 16.0. The summed E-state index contributed by atoms with van der Waals surface area (Å²) >= 11 is 0. The standard InChI is InChI=1S/C14H11F4N5O.C4H10/c15-11-3-8(1-2-10(11)14(16,17)18)5-19-12-4-9(6-24)22-13-20-7-21-23(12)13;1-4(2)3/h1-4,7,19,24H,5-6H2;4H,1-3H3. The molecule has 0 saturated carbocycles. The molecule has 2 N–H and O–H groups in total. The van der Waals surface area contributed by atoms with Crippen molar-refractivity contribution in [3.8, 4) is 0 Å². The molecule has 3 aromatic rings. The molecule has 0 unspecified atom stereocenters. The summed E-state index contributed by atoms with van der Waals surface area (Å²) in [6.07, 6.45) is -3.46. The van der Waals surface area contributed by atoms with Gasteiger partial charge < -0.3 is 10.4 Å². The maximum Gasteiger partial charge on any atom is 0.419 e. The van der Waals surface area contributed by atoms with Crippen LogP contribution in [0.3, 0.4) is 0 Å². The smallest absolute Gasteiger partial charge is 0.390 e. The third kappa shape index (κ3) is 5.62. The minimum absolute atomic E-state index is 0.0545. The Morgan fingerprint density at radius 1 is 1.18 bits per heavy atom. The molecule has 0 aliphatic heterocycles. The highest BCUT2D eigenvalue weighted by atomic mass is 19.4. The van der Waals surface area contributed by atoms with Crippen molar-refractivity contribution >= 4 is 11.6 Å². The van der Waals surface area contributed by atoms with E-state index in [1.807, 2.05) is 0 Å². The lowest BCUT2D eigenvalue weighted by molar-refractivity contribution is -0.140. The van der Waals surface area contributed by atoms with Crippen LogP contribution in [-0.2, 0) is 19.3 Å². The van der Waals surface area contributed by atoms with Crippen LogP contribution in [-0.4, -0.2) is 24.7 Å². The number of aliphatic hydroxyl groups excluding tert-OH is 1. The van der Waals surface area contributed by atoms with Gasteiger partial charge in [-0.25, -0.2) is 9.37 Å². The number of aromatic nitrogens is 4. The van der Waals surface area contributed by atoms with Gasteiger partial charge in [0.15, 0.2) is 0 Å². The van der Waals surface area contributed by atoms with Gasteiger partial charge in [0.05, 0.1) is 17.9 Å². The molecule has 6 nitrogen and oxygen atoms in total. The van der Waals surface area contributed by atoms with Gasteiger partial charge in [0.25, 0.3) is 5.78 Å². The molecule has 28 heavy (non-hydrogen) atoms. The number of hydrogen-bond donors (Lipinski definition) is 2. The van der Waals surface area contributed by atoms with Crippen LogP contribution in [0.1, 0.15) is 37.6 Å². The van der Waals surface area contributed by atoms with Crippen LogP contribution in [0.25, 0.3) is 5.78 Å². The summed E-state index contributed by atoms with van der Waals surface area (Å²) in [4.78, 5) is 7.94. The molecule has 0 aliphatic rings. The number of nitrogens with zero attached hydrogens (tertiary/aromatic N) is 4. The first-order chi connectivity index (χ1) is 13.1. The zero-order chi connectivity index (χ0) is 20.9. The molecule has 1 aromatic carbocycles. The van der Waals surface area contributed by atoms with Crippen LogP contribution < -0.4 is 5.32 Å². The number of benzene rings is 1. The van der Waals surface area contributed by atoms with Crippen LogP contribution >= 0.6 is 0 Å². The molecule has 0 radical (unpaired) electrons. The maximum atomic E-state index is 13.6. The van der Waals surface area contributed by atoms with E-state index in [-0.39, 0.29) is 18.9 Å². The number of anilines is 1. The number of hydrogen-bond acceptors (Lipinski definition) is 5. The van der Waals surface area contributed by atoms with Crippen molar-refractivity contribution in [1.29, 1.82) is 0 Å². The molecule has 2 heterocycles. The Hall–Kier alpha value is -2.75. The lowest BCUT2D eigenvalue weighted by Crippen LogP contribution is -2.10. The number of aliphatic hydroxyl groups is 1. The van der Waals surface area contributed by atoms with E-state index in [1.165, 1.54) is 23.0 Å². The van der Waals surface area contributed by atoms with Crippen molar-refractivity contribution in [3.05, 3.63) is 53.2 Å². The summed E-state index contributed by atoms with van der Waals surface area (Å²) in [5.74, 6) is 0.169. The third-order valence-corrected chi connectivity index (χ3v) is 3.28. The van der Waals surface area contributed by atoms with Crippen molar-refractivity contribution < 1.29 is 22.7 Å². The Morgan fingerprint density at radius 2 is 1.86 bits per heavy atom. The lowest BCUT2D eigenvalue weighted by atomic mass is 10.1. The van der Waals surface area contributed by atoms with Gasteiger partial charge >= 0.3 is 6.18 Å². The molecule has 0 spiro atoms. The number of nitrogens with one attached hydrogen (secondary N) is 1. The first-order valence-electron chi connectivity index (χ1n) is 8.51. The van der Waals surface area contributed by atoms with Gasteiger partial charge in [-0.05, 0) is 23.6 Å². The maximum absolute atomic E-state index is 13.6. The monoisotopic (exact) mass is 399 g/mol. The van der Waals surface area contributed by atoms with Crippen molar-refractivity contribution in [1.82, 2.24) is 19.6 Å². The Labute approximate surface area is 159 Å². The Kier molecular flexibility index (Phi) is 6.90. The minimum Gasteiger partial charge on any atom is -0.390 e. The fourth-order valence-electron chi connectivity index (χ4n) is 2.16. The van der Waals surface area contributed by atoms with Gasteiger partial charge in [-0.1, -0.05) is 26.8 Å². The summed E-state index contributed by atoms with van der Waals surface area (Å²) < 4.78 is 52.6. The fraction of sp³-hybridized carbons (Fsp3) is 0.389. The Bertz CT molecular complexity index is 921. The first kappa shape index (κ1) is 21.5. The van der Waals surface area contributed by atoms with E-state index >= 15 is 0 Å². The largest absolute Gasteiger partial charge is 0.419 e. The van der Waals surface area contributed by atoms with E-state index in [0.717, 1.165) is 12.0 Å². The predicted molar refractivity (Wildman–Crippen MR) is 95.9 cm³/mol. The average Bonchev–Trinajstić information content (AvgIpc) is 3.06. The van der Waals surface area contributed by atoms with Crippen LogP contribution in [0.15, 0.2) is 30.6 Å². The molecule has 0 aliphatic carbocycles. The van der Waals surface area contributed by atoms with E-state index in [0.29, 0.717) is 23.1 Å². The zero-order valence-corrected chi connectivity index (χ0v) is 15.6. The van der Waals surface area contributed by atoms with E-state index in [9.17, 15) is 22.7 Å². The van der Waals surface area contributed by atoms with E-state index in [1.54, 1.807) is 0 Å². The molecule has 0 bridgehead atoms. The second-order valence-electron chi connectivity index (χ2n) is 6.66. The average molecular weight is 399 g/mol. The molecule has 0 fully saturated rings. The predicted octanol–water partition coefficient (Wildman–Crippen LogP) is 4.05. The van der Waals surface area contributed by atoms with Crippen molar-refractivity contribution in [2.75, 3.05) is 5.32 Å². The molecule has 152 valence electrons. The lowest BCUT2D eigenvalue weighted by Gasteiger charge is -2.11. The molecule has 0 saturated heterocycles. The van der Waals surface area contributed by atoms with Gasteiger partial charge in [0.2, 0.25) is 0 Å². The number of alkyl halides is 3. The zero-order valence-electron chi connectivity index (χ0n) is 15.6. The molecule has 0 amide bonds. The second-order valence-corrected chi connectivity index (χ2v) is 6.66. The molecule has 10 heteroatoms. The van der Waals surface area contributed by atoms with Gasteiger partial charge in [0.1, 0.15) is 18.0 Å². The third-order valence-electron chi connectivity index (χ3n) is 3.28. The Balaban J connectivity index is 0.000000640. The minimum atomic E-state index is -4.73. The first-order valence-corrected chi connectivity index (χ1v) is 8.51. The van der Waals surface area contributed by atoms with Crippen LogP contribution in [0.2, 0.25) is 0 Å². The van der Waals surface area contributed by atoms with Crippen molar-refractivity contribution in [2.24, 2.45) is 5.92 Å². The van der Waals surface area contributed by atoms with Gasteiger partial charge in [-0.2, -0.15) is 27.8 Å². The van der Waals surface area contributed by atoms with E-state index < -0.39 is 17.6 Å². The summed E-state index contributed by atoms with van der Waals surface area (Å²) in [6.45, 7) is 6.24. The number of fused-ring (bicyclic) bond motifs is 1. The molecule has 3 rings (SSSR count). The topological polar surface area (TPSA) is 75.3 Å². The highest BCUT2D eigenvalue weighted by Crippen LogP contribution is 2.31. The van der Waals surface area contributed by atoms with E-state index in [2.05, 4.69) is 41.2 Å². The summed E-state index contributed by atoms with van der Waals surface area (Å²) in [7, 11) is 0. The molecule has 0 atom stereocenters. The van der Waals surface area contributed by atoms with Crippen LogP contribution in [0.5, 0.6) is 0 Å². The molecule has 2 aromatic heterocycles. The highest BCUT2D eigenvalue weighted by molar-refractivity contribution is 5.45. The summed E-state index contributed by atoms with van der Waals surface area (Å²) in [5.41, 5.74) is -0.649. The van der Waals surface area contributed by atoms with Gasteiger partial charge in [0, 0.05) is 12.6 Å². The number of halogens is 4. The number of rotatable bonds is 4. The van der Waals surface area contributed by atoms with Gasteiger partial charge in [-0.15, -0.1) is 0 Å². The normalized spacial score (nSPS) is 11.5. The Morgan fingerprint density at radius 3 is 2.43 bits per heavy atom. The van der Waals surface area contributed by atoms with Crippen LogP contribution in [0, 0.1) is 11.7 Å². The summed E-state index contributed by atoms with van der Waals surface area (Å²) in [6, 6.07) is 4.22. The second kappa shape index (κ2) is 8.96. The highest BCUT2D eigenvalue weighted by Gasteiger charge is 2.33. The molecular weight excluding hydrogens is 378 g/mol. The van der Waals surface area contributed by atoms with Gasteiger partial charge in [-0.3, -0.25) is 0 Å².